The molecule has 172 valence electrons. The van der Waals surface area contributed by atoms with E-state index in [0.29, 0.717) is 34.2 Å². The van der Waals surface area contributed by atoms with Gasteiger partial charge in [0.15, 0.2) is 23.0 Å². The number of hydrogen-bond acceptors (Lipinski definition) is 8. The van der Waals surface area contributed by atoms with Crippen LogP contribution in [-0.4, -0.2) is 58.4 Å². The first-order valence-corrected chi connectivity index (χ1v) is 9.86. The van der Waals surface area contributed by atoms with Crippen molar-refractivity contribution in [2.75, 3.05) is 46.4 Å². The highest BCUT2D eigenvalue weighted by Crippen LogP contribution is 2.49. The number of rotatable bonds is 9. The van der Waals surface area contributed by atoms with Crippen molar-refractivity contribution >= 4 is 17.5 Å². The van der Waals surface area contributed by atoms with Gasteiger partial charge >= 0.3 is 0 Å². The Morgan fingerprint density at radius 2 is 1.66 bits per heavy atom. The van der Waals surface area contributed by atoms with Crippen LogP contribution < -0.4 is 34.9 Å². The van der Waals surface area contributed by atoms with Crippen molar-refractivity contribution in [3.8, 4) is 28.7 Å². The van der Waals surface area contributed by atoms with Gasteiger partial charge in [-0.15, -0.1) is 0 Å². The summed E-state index contributed by atoms with van der Waals surface area (Å²) in [6.45, 7) is -0.0707. The average molecular weight is 445 g/mol. The summed E-state index contributed by atoms with van der Waals surface area (Å²) in [4.78, 5) is 26.4. The van der Waals surface area contributed by atoms with E-state index < -0.39 is 12.0 Å². The fourth-order valence-corrected chi connectivity index (χ4v) is 3.81. The number of phenolic OH excluding ortho intramolecular Hbond substituents is 1. The average Bonchev–Trinajstić information content (AvgIpc) is 2.81. The molecule has 2 atom stereocenters. The maximum atomic E-state index is 13.2. The number of nitrogens with two attached hydrogens (primary N) is 1. The zero-order valence-electron chi connectivity index (χ0n) is 18.4. The molecular weight excluding hydrogens is 418 g/mol. The molecule has 1 fully saturated rings. The number of carbonyl (C=O) groups excluding carboxylic acids is 2. The van der Waals surface area contributed by atoms with Crippen LogP contribution in [0.4, 0.5) is 5.69 Å². The summed E-state index contributed by atoms with van der Waals surface area (Å²) >= 11 is 0. The maximum absolute atomic E-state index is 13.2. The normalized spacial score (nSPS) is 17.4. The zero-order valence-corrected chi connectivity index (χ0v) is 18.4. The molecule has 10 nitrogen and oxygen atoms in total. The molecule has 1 saturated heterocycles. The van der Waals surface area contributed by atoms with Crippen molar-refractivity contribution in [3.05, 3.63) is 35.9 Å². The van der Waals surface area contributed by atoms with Crippen molar-refractivity contribution in [2.45, 2.75) is 6.04 Å². The largest absolute Gasteiger partial charge is 0.504 e. The lowest BCUT2D eigenvalue weighted by molar-refractivity contribution is -0.130. The molecule has 4 N–H and O–H groups in total. The van der Waals surface area contributed by atoms with E-state index in [9.17, 15) is 14.7 Å². The van der Waals surface area contributed by atoms with Gasteiger partial charge in [-0.05, 0) is 17.7 Å². The van der Waals surface area contributed by atoms with E-state index in [0.717, 1.165) is 0 Å². The molecule has 10 heteroatoms. The molecular formula is C22H27N3O7. The van der Waals surface area contributed by atoms with Crippen LogP contribution in [0.15, 0.2) is 30.3 Å². The van der Waals surface area contributed by atoms with Crippen molar-refractivity contribution in [1.29, 1.82) is 0 Å². The van der Waals surface area contributed by atoms with Crippen LogP contribution in [0, 0.1) is 5.92 Å². The zero-order chi connectivity index (χ0) is 23.4. The summed E-state index contributed by atoms with van der Waals surface area (Å²) in [6.07, 6.45) is 0. The Kier molecular flexibility index (Phi) is 6.94. The molecule has 0 aromatic heterocycles. The van der Waals surface area contributed by atoms with Gasteiger partial charge in [-0.1, -0.05) is 6.07 Å². The van der Waals surface area contributed by atoms with Gasteiger partial charge in [0.05, 0.1) is 52.6 Å². The first-order valence-electron chi connectivity index (χ1n) is 9.86. The lowest BCUT2D eigenvalue weighted by atomic mass is 9.81. The van der Waals surface area contributed by atoms with Crippen LogP contribution in [0.3, 0.4) is 0 Å². The number of aromatic hydroxyl groups is 1. The smallest absolute Gasteiger partial charge is 0.234 e. The summed E-state index contributed by atoms with van der Waals surface area (Å²) in [5.74, 6) is 0.314. The lowest BCUT2D eigenvalue weighted by Crippen LogP contribution is -2.59. The molecule has 1 aliphatic rings. The van der Waals surface area contributed by atoms with Crippen molar-refractivity contribution in [3.63, 3.8) is 0 Å². The highest BCUT2D eigenvalue weighted by atomic mass is 16.5. The molecule has 0 radical (unpaired) electrons. The minimum atomic E-state index is -0.558. The van der Waals surface area contributed by atoms with E-state index in [-0.39, 0.29) is 30.7 Å². The molecule has 32 heavy (non-hydrogen) atoms. The number of benzene rings is 2. The van der Waals surface area contributed by atoms with Gasteiger partial charge in [-0.3, -0.25) is 9.59 Å². The summed E-state index contributed by atoms with van der Waals surface area (Å²) in [7, 11) is 5.93. The topological polar surface area (TPSA) is 133 Å². The van der Waals surface area contributed by atoms with E-state index in [1.54, 1.807) is 35.2 Å². The van der Waals surface area contributed by atoms with E-state index in [1.165, 1.54) is 28.4 Å². The number of nitrogens with one attached hydrogen (secondary N) is 1. The Labute approximate surface area is 185 Å². The summed E-state index contributed by atoms with van der Waals surface area (Å²) in [5.41, 5.74) is 6.56. The third kappa shape index (κ3) is 4.09. The highest BCUT2D eigenvalue weighted by Gasteiger charge is 2.49. The number of nitrogens with zero attached hydrogens (tertiary/aromatic N) is 1. The predicted octanol–water partition coefficient (Wildman–Crippen LogP) is 1.21. The van der Waals surface area contributed by atoms with Crippen LogP contribution in [0.5, 0.6) is 28.7 Å². The molecule has 1 aliphatic heterocycles. The second-order valence-corrected chi connectivity index (χ2v) is 7.08. The monoisotopic (exact) mass is 445 g/mol. The third-order valence-corrected chi connectivity index (χ3v) is 5.39. The van der Waals surface area contributed by atoms with E-state index in [2.05, 4.69) is 5.32 Å². The van der Waals surface area contributed by atoms with Gasteiger partial charge in [-0.2, -0.15) is 0 Å². The molecule has 0 spiro atoms. The molecule has 0 bridgehead atoms. The minimum Gasteiger partial charge on any atom is -0.504 e. The maximum Gasteiger partial charge on any atom is 0.234 e. The molecule has 1 heterocycles. The van der Waals surface area contributed by atoms with Crippen molar-refractivity contribution < 1.29 is 33.6 Å². The standard InChI is InChI=1S/C22H27N3O7/c1-29-16-6-5-12(7-15(16)26)20-14(11-24-19(27)10-23)22(28)25(20)13-8-17(30-2)21(32-4)18(9-13)31-3/h5-9,14,20,26H,10-11,23H2,1-4H3,(H,24,27)/t14-,20-/m0/s1. The van der Waals surface area contributed by atoms with Gasteiger partial charge in [0, 0.05) is 18.7 Å². The van der Waals surface area contributed by atoms with E-state index in [4.69, 9.17) is 24.7 Å². The van der Waals surface area contributed by atoms with Crippen LogP contribution in [0.1, 0.15) is 11.6 Å². The minimum absolute atomic E-state index is 0.0565. The third-order valence-electron chi connectivity index (χ3n) is 5.39. The van der Waals surface area contributed by atoms with E-state index >= 15 is 0 Å². The summed E-state index contributed by atoms with van der Waals surface area (Å²) < 4.78 is 21.3. The highest BCUT2D eigenvalue weighted by molar-refractivity contribution is 6.04. The summed E-state index contributed by atoms with van der Waals surface area (Å²) in [5, 5.41) is 13.0. The summed E-state index contributed by atoms with van der Waals surface area (Å²) in [6, 6.07) is 7.79. The van der Waals surface area contributed by atoms with Gasteiger partial charge in [-0.25, -0.2) is 0 Å². The first-order chi connectivity index (χ1) is 15.4. The van der Waals surface area contributed by atoms with Gasteiger partial charge < -0.3 is 40.0 Å². The fourth-order valence-electron chi connectivity index (χ4n) is 3.81. The Morgan fingerprint density at radius 3 is 2.16 bits per heavy atom. The molecule has 3 rings (SSSR count). The number of methoxy groups -OCH3 is 4. The predicted molar refractivity (Wildman–Crippen MR) is 117 cm³/mol. The van der Waals surface area contributed by atoms with Crippen molar-refractivity contribution in [1.82, 2.24) is 5.32 Å². The molecule has 2 amide bonds. The number of phenols is 1. The fraction of sp³-hybridized carbons (Fsp3) is 0.364. The Balaban J connectivity index is 2.04. The Bertz CT molecular complexity index is 986. The molecule has 2 aromatic rings. The number of anilines is 1. The van der Waals surface area contributed by atoms with Crippen molar-refractivity contribution in [2.24, 2.45) is 11.7 Å². The molecule has 0 aliphatic carbocycles. The Morgan fingerprint density at radius 1 is 1.03 bits per heavy atom. The second kappa shape index (κ2) is 9.65. The number of carbonyl (C=O) groups is 2. The van der Waals surface area contributed by atoms with Gasteiger partial charge in [0.1, 0.15) is 0 Å². The van der Waals surface area contributed by atoms with Crippen LogP contribution >= 0.6 is 0 Å². The first kappa shape index (κ1) is 23.0. The molecule has 0 unspecified atom stereocenters. The van der Waals surface area contributed by atoms with Gasteiger partial charge in [0.2, 0.25) is 17.6 Å². The quantitative estimate of drug-likeness (QED) is 0.491. The second-order valence-electron chi connectivity index (χ2n) is 7.08. The van der Waals surface area contributed by atoms with E-state index in [1.807, 2.05) is 0 Å². The molecule has 2 aromatic carbocycles. The Hall–Kier alpha value is -3.66. The number of ether oxygens (including phenoxy) is 4. The lowest BCUT2D eigenvalue weighted by Gasteiger charge is -2.47. The van der Waals surface area contributed by atoms with Crippen LogP contribution in [0.2, 0.25) is 0 Å². The number of amides is 2. The number of β-lactam (4-membered cyclic amide) rings is 1. The van der Waals surface area contributed by atoms with Crippen LogP contribution in [0.25, 0.3) is 0 Å². The number of hydrogen-bond donors (Lipinski definition) is 3. The van der Waals surface area contributed by atoms with Gasteiger partial charge in [0.25, 0.3) is 0 Å². The SMILES string of the molecule is COc1ccc([C@H]2[C@H](CNC(=O)CN)C(=O)N2c2cc(OC)c(OC)c(OC)c2)cc1O. The molecule has 0 saturated carbocycles. The van der Waals surface area contributed by atoms with Crippen LogP contribution in [-0.2, 0) is 9.59 Å².